The number of aromatic nitrogens is 7. The Balaban J connectivity index is 1.10. The molecule has 0 amide bonds. The number of benzene rings is 10. The predicted molar refractivity (Wildman–Crippen MR) is 337 cm³/mol. The maximum absolute atomic E-state index is 5.56. The third-order valence-corrected chi connectivity index (χ3v) is 15.1. The normalized spacial score (nSPS) is 11.7. The summed E-state index contributed by atoms with van der Waals surface area (Å²) in [6, 6.07) is 91.9. The van der Waals surface area contributed by atoms with Gasteiger partial charge in [-0.2, -0.15) is 0 Å². The minimum atomic E-state index is 0.493. The molecule has 0 aliphatic carbocycles. The van der Waals surface area contributed by atoms with E-state index in [1.54, 1.807) is 0 Å². The molecule has 0 saturated carbocycles. The molecule has 1 aliphatic rings. The van der Waals surface area contributed by atoms with Crippen LogP contribution in [0.2, 0.25) is 0 Å². The maximum Gasteiger partial charge on any atom is 0.166 e. The number of anilines is 6. The first-order valence-electron chi connectivity index (χ1n) is 27.8. The number of hydrogen-bond donors (Lipinski definition) is 0. The van der Waals surface area contributed by atoms with E-state index in [0.29, 0.717) is 29.1 Å². The molecule has 0 atom stereocenters. The molecule has 0 N–H and O–H groups in total. The van der Waals surface area contributed by atoms with Crippen molar-refractivity contribution >= 4 is 34.3 Å². The highest BCUT2D eigenvalue weighted by molar-refractivity contribution is 6.08. The van der Waals surface area contributed by atoms with E-state index in [9.17, 15) is 0 Å². The van der Waals surface area contributed by atoms with Gasteiger partial charge in [0.1, 0.15) is 5.82 Å². The van der Waals surface area contributed by atoms with Crippen molar-refractivity contribution < 1.29 is 0 Å². The quantitative estimate of drug-likeness (QED) is 0.125. The SMILES string of the molecule is Cc1cc(C)c(-c2cc(-c3cc(-c4ccccc4)nc(-c4ccccc4)n3)cc(-c3nc(-c4ccccc4)nc(-c4ccccc4)n3)c2N2c3ccccc3N(c3cc(-c4ccccc4)nc(-c4ccccc4)n3)c3ccccc32)c(C)c1. The number of aryl methyl sites for hydroxylation is 3. The first kappa shape index (κ1) is 50.2. The molecule has 0 unspecified atom stereocenters. The van der Waals surface area contributed by atoms with Crippen LogP contribution >= 0.6 is 0 Å². The van der Waals surface area contributed by atoms with Crippen molar-refractivity contribution in [2.24, 2.45) is 0 Å². The molecule has 0 saturated heterocycles. The van der Waals surface area contributed by atoms with Gasteiger partial charge in [0, 0.05) is 56.1 Å². The Labute approximate surface area is 482 Å². The van der Waals surface area contributed by atoms with Crippen molar-refractivity contribution in [1.29, 1.82) is 0 Å². The van der Waals surface area contributed by atoms with Gasteiger partial charge in [0.2, 0.25) is 0 Å². The van der Waals surface area contributed by atoms with Gasteiger partial charge < -0.3 is 4.90 Å². The van der Waals surface area contributed by atoms with Crippen molar-refractivity contribution in [3.63, 3.8) is 0 Å². The molecular formula is C74H53N9. The van der Waals surface area contributed by atoms with E-state index in [1.807, 2.05) is 109 Å². The van der Waals surface area contributed by atoms with Crippen LogP contribution in [0.25, 0.3) is 102 Å². The smallest absolute Gasteiger partial charge is 0.166 e. The zero-order valence-corrected chi connectivity index (χ0v) is 45.9. The second kappa shape index (κ2) is 21.6. The van der Waals surface area contributed by atoms with E-state index in [2.05, 4.69) is 188 Å². The average molecular weight is 1070 g/mol. The molecule has 0 fully saturated rings. The van der Waals surface area contributed by atoms with Gasteiger partial charge in [-0.05, 0) is 79.9 Å². The summed E-state index contributed by atoms with van der Waals surface area (Å²) in [5.74, 6) is 3.55. The molecule has 3 aromatic heterocycles. The molecule has 1 aliphatic heterocycles. The van der Waals surface area contributed by atoms with Crippen LogP contribution < -0.4 is 9.80 Å². The summed E-state index contributed by atoms with van der Waals surface area (Å²) in [6.07, 6.45) is 0. The fourth-order valence-corrected chi connectivity index (χ4v) is 11.4. The Hall–Kier alpha value is -11.0. The topological polar surface area (TPSA) is 96.7 Å². The van der Waals surface area contributed by atoms with Crippen molar-refractivity contribution in [2.75, 3.05) is 9.80 Å². The lowest BCUT2D eigenvalue weighted by atomic mass is 9.87. The molecule has 394 valence electrons. The third-order valence-electron chi connectivity index (χ3n) is 15.1. The molecule has 0 radical (unpaired) electrons. The predicted octanol–water partition coefficient (Wildman–Crippen LogP) is 18.6. The van der Waals surface area contributed by atoms with Crippen LogP contribution in [-0.2, 0) is 0 Å². The monoisotopic (exact) mass is 1070 g/mol. The van der Waals surface area contributed by atoms with Crippen LogP contribution in [-0.4, -0.2) is 34.9 Å². The molecule has 9 nitrogen and oxygen atoms in total. The van der Waals surface area contributed by atoms with Crippen LogP contribution in [0.15, 0.2) is 267 Å². The van der Waals surface area contributed by atoms with Gasteiger partial charge in [-0.15, -0.1) is 0 Å². The third kappa shape index (κ3) is 9.66. The Morgan fingerprint density at radius 2 is 0.578 bits per heavy atom. The van der Waals surface area contributed by atoms with E-state index in [1.165, 1.54) is 5.56 Å². The summed E-state index contributed by atoms with van der Waals surface area (Å²) < 4.78 is 0. The number of rotatable bonds is 11. The van der Waals surface area contributed by atoms with Crippen molar-refractivity contribution in [1.82, 2.24) is 34.9 Å². The van der Waals surface area contributed by atoms with E-state index < -0.39 is 0 Å². The van der Waals surface area contributed by atoms with Gasteiger partial charge in [-0.1, -0.05) is 224 Å². The van der Waals surface area contributed by atoms with Crippen LogP contribution in [0, 0.1) is 20.8 Å². The van der Waals surface area contributed by atoms with Crippen molar-refractivity contribution in [3.8, 4) is 102 Å². The molecule has 4 heterocycles. The lowest BCUT2D eigenvalue weighted by Gasteiger charge is -2.41. The number of hydrogen-bond acceptors (Lipinski definition) is 9. The summed E-state index contributed by atoms with van der Waals surface area (Å²) in [5.41, 5.74) is 19.6. The highest BCUT2D eigenvalue weighted by Crippen LogP contribution is 2.58. The number of fused-ring (bicyclic) bond motifs is 2. The molecule has 13 aromatic rings. The van der Waals surface area contributed by atoms with E-state index in [-0.39, 0.29) is 0 Å². The second-order valence-corrected chi connectivity index (χ2v) is 20.7. The Bertz CT molecular complexity index is 4280. The molecule has 0 spiro atoms. The lowest BCUT2D eigenvalue weighted by Crippen LogP contribution is -2.25. The average Bonchev–Trinajstić information content (AvgIpc) is 1.85. The van der Waals surface area contributed by atoms with E-state index >= 15 is 0 Å². The molecule has 83 heavy (non-hydrogen) atoms. The van der Waals surface area contributed by atoms with Gasteiger partial charge >= 0.3 is 0 Å². The van der Waals surface area contributed by atoms with E-state index in [4.69, 9.17) is 34.9 Å². The summed E-state index contributed by atoms with van der Waals surface area (Å²) in [5, 5.41) is 0. The van der Waals surface area contributed by atoms with Gasteiger partial charge in [-0.25, -0.2) is 34.9 Å². The fourth-order valence-electron chi connectivity index (χ4n) is 11.4. The number of para-hydroxylation sites is 4. The highest BCUT2D eigenvalue weighted by atomic mass is 15.3. The maximum atomic E-state index is 5.56. The summed E-state index contributed by atoms with van der Waals surface area (Å²) in [7, 11) is 0. The number of nitrogens with zero attached hydrogens (tertiary/aromatic N) is 9. The molecule has 0 bridgehead atoms. The minimum Gasteiger partial charge on any atom is -0.305 e. The van der Waals surface area contributed by atoms with Gasteiger partial charge in [0.05, 0.1) is 45.5 Å². The largest absolute Gasteiger partial charge is 0.305 e. The molecule has 14 rings (SSSR count). The summed E-state index contributed by atoms with van der Waals surface area (Å²) >= 11 is 0. The van der Waals surface area contributed by atoms with Crippen LogP contribution in [0.5, 0.6) is 0 Å². The van der Waals surface area contributed by atoms with Crippen LogP contribution in [0.1, 0.15) is 16.7 Å². The Kier molecular flexibility index (Phi) is 13.0. The van der Waals surface area contributed by atoms with Gasteiger partial charge in [0.25, 0.3) is 0 Å². The highest BCUT2D eigenvalue weighted by Gasteiger charge is 2.36. The van der Waals surface area contributed by atoms with Crippen molar-refractivity contribution in [3.05, 3.63) is 284 Å². The van der Waals surface area contributed by atoms with Crippen LogP contribution in [0.3, 0.4) is 0 Å². The Morgan fingerprint density at radius 1 is 0.253 bits per heavy atom. The lowest BCUT2D eigenvalue weighted by molar-refractivity contribution is 1.07. The van der Waals surface area contributed by atoms with E-state index in [0.717, 1.165) is 118 Å². The zero-order chi connectivity index (χ0) is 55.8. The first-order valence-corrected chi connectivity index (χ1v) is 27.8. The molecule has 9 heteroatoms. The first-order chi connectivity index (χ1) is 40.9. The van der Waals surface area contributed by atoms with Gasteiger partial charge in [0.15, 0.2) is 29.1 Å². The fraction of sp³-hybridized carbons (Fsp3) is 0.0405. The van der Waals surface area contributed by atoms with Crippen LogP contribution in [0.4, 0.5) is 34.3 Å². The second-order valence-electron chi connectivity index (χ2n) is 20.7. The minimum absolute atomic E-state index is 0.493. The summed E-state index contributed by atoms with van der Waals surface area (Å²) in [4.78, 5) is 42.4. The Morgan fingerprint density at radius 3 is 1.01 bits per heavy atom. The molecule has 10 aromatic carbocycles. The standard InChI is InChI=1S/C74H53N9/c1-48-42-49(2)68(50(3)43-48)58-44-57(61-46-60(51-26-10-4-11-27-51)75-70(76-61)53-30-14-6-15-31-53)45-59(74-80-72(55-34-18-8-19-35-55)79-73(81-74)56-36-20-9-21-37-56)69(58)83-65-40-24-22-38-63(65)82(64-39-23-25-41-66(64)83)67-47-62(52-28-12-5-13-29-52)77-71(78-67)54-32-16-7-17-33-54/h4-47H,1-3H3. The van der Waals surface area contributed by atoms with Gasteiger partial charge in [-0.3, -0.25) is 4.90 Å². The zero-order valence-electron chi connectivity index (χ0n) is 45.9. The summed E-state index contributed by atoms with van der Waals surface area (Å²) in [6.45, 7) is 6.59. The molecular weight excluding hydrogens is 1010 g/mol. The van der Waals surface area contributed by atoms with Crippen molar-refractivity contribution in [2.45, 2.75) is 20.8 Å².